The largest absolute Gasteiger partial charge is 0.448 e. The molecule has 46 heavy (non-hydrogen) atoms. The number of nitrogens with zero attached hydrogens (tertiary/aromatic N) is 2. The second kappa shape index (κ2) is 13.3. The molecule has 0 aliphatic carbocycles. The van der Waals surface area contributed by atoms with Gasteiger partial charge in [-0.05, 0) is 75.9 Å². The van der Waals surface area contributed by atoms with E-state index in [-0.39, 0.29) is 17.6 Å². The van der Waals surface area contributed by atoms with Crippen LogP contribution in [0.25, 0.3) is 0 Å². The number of hydrogen-bond donors (Lipinski definition) is 2. The van der Waals surface area contributed by atoms with Crippen LogP contribution in [0.3, 0.4) is 0 Å². The SMILES string of the molecule is CC(C)(C)OC(=O)N[C@@H]1C(=O)N2C(C(=O)OC(c3ccccc3)c3ccccc3)=C(/C=C3\CCN(C4CCNCC4)C3=O)CS[C@H]12. The molecule has 0 unspecified atom stereocenters. The van der Waals surface area contributed by atoms with Crippen molar-refractivity contribution < 1.29 is 28.7 Å². The van der Waals surface area contributed by atoms with E-state index in [4.69, 9.17) is 9.47 Å². The lowest BCUT2D eigenvalue weighted by Crippen LogP contribution is -2.70. The molecule has 10 nitrogen and oxygen atoms in total. The first-order chi connectivity index (χ1) is 22.1. The second-order valence-corrected chi connectivity index (χ2v) is 14.0. The van der Waals surface area contributed by atoms with Crippen LogP contribution in [0.2, 0.25) is 0 Å². The molecule has 0 spiro atoms. The predicted octanol–water partition coefficient (Wildman–Crippen LogP) is 4.29. The number of fused-ring (bicyclic) bond motifs is 1. The molecule has 4 aliphatic rings. The van der Waals surface area contributed by atoms with Gasteiger partial charge in [-0.1, -0.05) is 60.7 Å². The van der Waals surface area contributed by atoms with Crippen LogP contribution in [0.4, 0.5) is 4.79 Å². The summed E-state index contributed by atoms with van der Waals surface area (Å²) in [4.78, 5) is 57.4. The number of allylic oxidation sites excluding steroid dienone is 1. The van der Waals surface area contributed by atoms with E-state index in [0.717, 1.165) is 37.1 Å². The monoisotopic (exact) mass is 644 g/mol. The number of likely N-dealkylation sites (tertiary alicyclic amines) is 1. The number of β-lactam (4-membered cyclic amide) rings is 1. The Kier molecular flexibility index (Phi) is 9.24. The van der Waals surface area contributed by atoms with E-state index in [1.807, 2.05) is 65.6 Å². The van der Waals surface area contributed by atoms with Crippen LogP contribution in [0.1, 0.15) is 57.3 Å². The molecule has 2 N–H and O–H groups in total. The van der Waals surface area contributed by atoms with Gasteiger partial charge in [-0.3, -0.25) is 14.5 Å². The van der Waals surface area contributed by atoms with Gasteiger partial charge in [0.1, 0.15) is 22.7 Å². The van der Waals surface area contributed by atoms with E-state index in [9.17, 15) is 19.2 Å². The topological polar surface area (TPSA) is 117 Å². The first kappa shape index (κ1) is 31.9. The molecule has 3 fully saturated rings. The molecule has 0 aromatic heterocycles. The van der Waals surface area contributed by atoms with Crippen molar-refractivity contribution >= 4 is 35.6 Å². The summed E-state index contributed by atoms with van der Waals surface area (Å²) in [6.07, 6.45) is 2.74. The van der Waals surface area contributed by atoms with E-state index in [2.05, 4.69) is 10.6 Å². The molecule has 2 aromatic rings. The summed E-state index contributed by atoms with van der Waals surface area (Å²) in [7, 11) is 0. The number of nitrogens with one attached hydrogen (secondary N) is 2. The Morgan fingerprint density at radius 3 is 2.24 bits per heavy atom. The third-order valence-corrected chi connectivity index (χ3v) is 9.85. The van der Waals surface area contributed by atoms with Crippen molar-refractivity contribution in [2.24, 2.45) is 0 Å². The Hall–Kier alpha value is -4.09. The number of benzene rings is 2. The number of thioether (sulfide) groups is 1. The molecule has 4 heterocycles. The molecule has 4 aliphatic heterocycles. The molecule has 2 aromatic carbocycles. The van der Waals surface area contributed by atoms with Gasteiger partial charge >= 0.3 is 12.1 Å². The first-order valence-corrected chi connectivity index (χ1v) is 16.9. The lowest BCUT2D eigenvalue weighted by atomic mass is 10.00. The molecule has 11 heteroatoms. The molecule has 0 bridgehead atoms. The zero-order valence-electron chi connectivity index (χ0n) is 26.4. The van der Waals surface area contributed by atoms with E-state index in [0.29, 0.717) is 29.9 Å². The fourth-order valence-corrected chi connectivity index (χ4v) is 7.68. The number of piperidine rings is 1. The number of ether oxygens (including phenoxy) is 2. The maximum atomic E-state index is 14.3. The molecule has 6 rings (SSSR count). The summed E-state index contributed by atoms with van der Waals surface area (Å²) < 4.78 is 11.6. The number of hydrogen-bond acceptors (Lipinski definition) is 8. The summed E-state index contributed by atoms with van der Waals surface area (Å²) in [6.45, 7) is 7.64. The standard InChI is InChI=1S/C35H40N4O6S/c1-35(2,3)45-34(43)37-27-31(41)39-28(33(42)44-29(22-10-6-4-7-11-22)23-12-8-5-9-13-23)25(21-46-32(27)39)20-24-16-19-38(30(24)40)26-14-17-36-18-15-26/h4-13,20,26-27,29,32,36H,14-19,21H2,1-3H3,(H,37,43)/b24-20+/t27-,32-/m1/s1. The number of esters is 1. The van der Waals surface area contributed by atoms with Crippen molar-refractivity contribution in [2.45, 2.75) is 69.2 Å². The maximum Gasteiger partial charge on any atom is 0.408 e. The highest BCUT2D eigenvalue weighted by Crippen LogP contribution is 2.43. The van der Waals surface area contributed by atoms with Crippen molar-refractivity contribution in [1.82, 2.24) is 20.4 Å². The van der Waals surface area contributed by atoms with Crippen molar-refractivity contribution in [3.63, 3.8) is 0 Å². The minimum Gasteiger partial charge on any atom is -0.448 e. The quantitative estimate of drug-likeness (QED) is 0.261. The highest BCUT2D eigenvalue weighted by molar-refractivity contribution is 8.00. The van der Waals surface area contributed by atoms with Crippen molar-refractivity contribution in [3.05, 3.63) is 94.7 Å². The predicted molar refractivity (Wildman–Crippen MR) is 174 cm³/mol. The summed E-state index contributed by atoms with van der Waals surface area (Å²) in [5, 5.41) is 5.50. The van der Waals surface area contributed by atoms with Gasteiger partial charge < -0.3 is 25.0 Å². The summed E-state index contributed by atoms with van der Waals surface area (Å²) in [6, 6.07) is 18.2. The van der Waals surface area contributed by atoms with E-state index in [1.165, 1.54) is 16.7 Å². The van der Waals surface area contributed by atoms with Gasteiger partial charge in [0.05, 0.1) is 0 Å². The van der Waals surface area contributed by atoms with Gasteiger partial charge in [-0.15, -0.1) is 11.8 Å². The Bertz CT molecular complexity index is 1510. The fourth-order valence-electron chi connectivity index (χ4n) is 6.37. The average Bonchev–Trinajstić information content (AvgIpc) is 3.41. The zero-order chi connectivity index (χ0) is 32.4. The third-order valence-electron chi connectivity index (χ3n) is 8.55. The van der Waals surface area contributed by atoms with Crippen LogP contribution in [0.5, 0.6) is 0 Å². The summed E-state index contributed by atoms with van der Waals surface area (Å²) in [5.74, 6) is -0.766. The highest BCUT2D eigenvalue weighted by Gasteiger charge is 2.55. The average molecular weight is 645 g/mol. The summed E-state index contributed by atoms with van der Waals surface area (Å²) in [5.41, 5.74) is 2.13. The highest BCUT2D eigenvalue weighted by atomic mass is 32.2. The van der Waals surface area contributed by atoms with Gasteiger partial charge in [0.15, 0.2) is 6.10 Å². The van der Waals surface area contributed by atoms with Crippen LogP contribution >= 0.6 is 11.8 Å². The fraction of sp³-hybridized carbons (Fsp3) is 0.429. The minimum atomic E-state index is -0.862. The minimum absolute atomic E-state index is 0.0231. The van der Waals surface area contributed by atoms with Crippen molar-refractivity contribution in [3.8, 4) is 0 Å². The van der Waals surface area contributed by atoms with E-state index >= 15 is 0 Å². The molecule has 3 saturated heterocycles. The van der Waals surface area contributed by atoms with Crippen LogP contribution in [-0.4, -0.2) is 82.1 Å². The van der Waals surface area contributed by atoms with E-state index < -0.39 is 41.1 Å². The van der Waals surface area contributed by atoms with Crippen LogP contribution in [0.15, 0.2) is 83.6 Å². The number of amides is 3. The van der Waals surface area contributed by atoms with Gasteiger partial charge in [0.25, 0.3) is 5.91 Å². The smallest absolute Gasteiger partial charge is 0.408 e. The van der Waals surface area contributed by atoms with Crippen molar-refractivity contribution in [2.75, 3.05) is 25.4 Å². The molecule has 242 valence electrons. The second-order valence-electron chi connectivity index (χ2n) is 12.9. The summed E-state index contributed by atoms with van der Waals surface area (Å²) >= 11 is 1.43. The molecule has 2 atom stereocenters. The normalized spacial score (nSPS) is 23.0. The Balaban J connectivity index is 1.32. The number of rotatable bonds is 7. The van der Waals surface area contributed by atoms with Gasteiger partial charge in [-0.25, -0.2) is 9.59 Å². The lowest BCUT2D eigenvalue weighted by molar-refractivity contribution is -0.153. The van der Waals surface area contributed by atoms with Gasteiger partial charge in [-0.2, -0.15) is 0 Å². The Morgan fingerprint density at radius 1 is 1.00 bits per heavy atom. The van der Waals surface area contributed by atoms with Crippen LogP contribution < -0.4 is 10.6 Å². The third kappa shape index (κ3) is 6.71. The number of carbonyl (C=O) groups excluding carboxylic acids is 4. The molecular weight excluding hydrogens is 604 g/mol. The number of carbonyl (C=O) groups is 4. The first-order valence-electron chi connectivity index (χ1n) is 15.8. The number of alkyl carbamates (subject to hydrolysis) is 1. The molecule has 0 radical (unpaired) electrons. The Labute approximate surface area is 273 Å². The molecular formula is C35H40N4O6S. The van der Waals surface area contributed by atoms with Gasteiger partial charge in [0.2, 0.25) is 5.91 Å². The Morgan fingerprint density at radius 2 is 1.63 bits per heavy atom. The zero-order valence-corrected chi connectivity index (χ0v) is 27.2. The molecule has 0 saturated carbocycles. The van der Waals surface area contributed by atoms with E-state index in [1.54, 1.807) is 26.8 Å². The van der Waals surface area contributed by atoms with Crippen molar-refractivity contribution in [1.29, 1.82) is 0 Å². The van der Waals surface area contributed by atoms with Crippen LogP contribution in [0, 0.1) is 0 Å². The maximum absolute atomic E-state index is 14.3. The lowest BCUT2D eigenvalue weighted by Gasteiger charge is -2.49. The van der Waals surface area contributed by atoms with Crippen LogP contribution in [-0.2, 0) is 23.9 Å². The van der Waals surface area contributed by atoms with Gasteiger partial charge in [0, 0.05) is 23.9 Å². The molecule has 3 amide bonds.